The highest BCUT2D eigenvalue weighted by atomic mass is 19.4. The van der Waals surface area contributed by atoms with E-state index in [2.05, 4.69) is 5.32 Å². The number of ether oxygens (including phenoxy) is 1. The summed E-state index contributed by atoms with van der Waals surface area (Å²) in [5, 5.41) is 2.27. The molecule has 0 bridgehead atoms. The van der Waals surface area contributed by atoms with E-state index in [4.69, 9.17) is 4.74 Å². The molecule has 0 saturated heterocycles. The summed E-state index contributed by atoms with van der Waals surface area (Å²) in [6.45, 7) is 7.65. The van der Waals surface area contributed by atoms with Crippen LogP contribution in [0.2, 0.25) is 0 Å². The third kappa shape index (κ3) is 5.00. The number of benzene rings is 2. The molecule has 140 valence electrons. The van der Waals surface area contributed by atoms with Gasteiger partial charge in [-0.1, -0.05) is 50.6 Å². The first kappa shape index (κ1) is 19.8. The molecule has 1 amide bonds. The second-order valence-corrected chi connectivity index (χ2v) is 7.13. The zero-order chi connectivity index (χ0) is 19.5. The van der Waals surface area contributed by atoms with E-state index in [0.717, 1.165) is 17.2 Å². The summed E-state index contributed by atoms with van der Waals surface area (Å²) >= 11 is 0. The van der Waals surface area contributed by atoms with Gasteiger partial charge in [-0.3, -0.25) is 4.79 Å². The van der Waals surface area contributed by atoms with E-state index in [1.165, 1.54) is 18.2 Å². The van der Waals surface area contributed by atoms with Gasteiger partial charge in [0, 0.05) is 0 Å². The number of hydrogen-bond acceptors (Lipinski definition) is 2. The molecule has 26 heavy (non-hydrogen) atoms. The molecule has 2 aromatic rings. The number of halogens is 3. The minimum absolute atomic E-state index is 0.194. The van der Waals surface area contributed by atoms with Gasteiger partial charge in [0.25, 0.3) is 5.91 Å². The fourth-order valence-corrected chi connectivity index (χ4v) is 2.52. The molecular weight excluding hydrogens is 343 g/mol. The summed E-state index contributed by atoms with van der Waals surface area (Å²) < 4.78 is 44.6. The van der Waals surface area contributed by atoms with E-state index in [-0.39, 0.29) is 17.7 Å². The molecule has 0 aliphatic carbocycles. The molecule has 0 spiro atoms. The number of nitrogens with one attached hydrogen (secondary N) is 1. The Morgan fingerprint density at radius 2 is 1.69 bits per heavy atom. The highest BCUT2D eigenvalue weighted by Crippen LogP contribution is 2.35. The molecule has 0 unspecified atom stereocenters. The molecule has 2 rings (SSSR count). The fraction of sp³-hybridized carbons (Fsp3) is 0.350. The summed E-state index contributed by atoms with van der Waals surface area (Å²) in [4.78, 5) is 12.1. The van der Waals surface area contributed by atoms with Gasteiger partial charge in [0.05, 0.1) is 11.3 Å². The molecular formula is C20H22F3NO2. The summed E-state index contributed by atoms with van der Waals surface area (Å²) in [6.07, 6.45) is -4.54. The lowest BCUT2D eigenvalue weighted by Gasteiger charge is -2.23. The van der Waals surface area contributed by atoms with Crippen LogP contribution in [0.4, 0.5) is 18.9 Å². The number of aryl methyl sites for hydroxylation is 1. The molecule has 3 nitrogen and oxygen atoms in total. The van der Waals surface area contributed by atoms with Gasteiger partial charge in [0.2, 0.25) is 0 Å². The first-order valence-corrected chi connectivity index (χ1v) is 8.18. The first-order valence-electron chi connectivity index (χ1n) is 8.18. The minimum Gasteiger partial charge on any atom is -0.483 e. The molecule has 0 aliphatic heterocycles. The maximum absolute atomic E-state index is 13.0. The van der Waals surface area contributed by atoms with Crippen molar-refractivity contribution in [2.45, 2.75) is 39.3 Å². The lowest BCUT2D eigenvalue weighted by molar-refractivity contribution is -0.137. The van der Waals surface area contributed by atoms with Crippen LogP contribution < -0.4 is 10.1 Å². The Morgan fingerprint density at radius 1 is 1.04 bits per heavy atom. The first-order chi connectivity index (χ1) is 12.0. The quantitative estimate of drug-likeness (QED) is 0.795. The van der Waals surface area contributed by atoms with Crippen LogP contribution in [0.15, 0.2) is 42.5 Å². The normalized spacial score (nSPS) is 12.0. The average molecular weight is 365 g/mol. The lowest BCUT2D eigenvalue weighted by Crippen LogP contribution is -2.23. The van der Waals surface area contributed by atoms with E-state index in [1.807, 2.05) is 39.8 Å². The van der Waals surface area contributed by atoms with Crippen molar-refractivity contribution in [1.29, 1.82) is 0 Å². The van der Waals surface area contributed by atoms with E-state index in [1.54, 1.807) is 6.07 Å². The van der Waals surface area contributed by atoms with Crippen LogP contribution in [0.3, 0.4) is 0 Å². The highest BCUT2D eigenvalue weighted by molar-refractivity contribution is 5.92. The highest BCUT2D eigenvalue weighted by Gasteiger charge is 2.33. The minimum atomic E-state index is -4.54. The number of para-hydroxylation sites is 1. The van der Waals surface area contributed by atoms with Crippen LogP contribution in [-0.4, -0.2) is 12.5 Å². The second kappa shape index (κ2) is 7.40. The van der Waals surface area contributed by atoms with Gasteiger partial charge in [-0.25, -0.2) is 0 Å². The van der Waals surface area contributed by atoms with Gasteiger partial charge in [-0.05, 0) is 36.1 Å². The Kier molecular flexibility index (Phi) is 5.64. The van der Waals surface area contributed by atoms with Crippen LogP contribution in [0.1, 0.15) is 37.5 Å². The van der Waals surface area contributed by atoms with E-state index < -0.39 is 17.6 Å². The zero-order valence-corrected chi connectivity index (χ0v) is 15.2. The molecule has 0 atom stereocenters. The third-order valence-corrected chi connectivity index (χ3v) is 3.81. The van der Waals surface area contributed by atoms with Crippen molar-refractivity contribution in [3.05, 3.63) is 59.2 Å². The maximum Gasteiger partial charge on any atom is 0.418 e. The van der Waals surface area contributed by atoms with Crippen LogP contribution in [-0.2, 0) is 16.4 Å². The predicted octanol–water partition coefficient (Wildman–Crippen LogP) is 5.33. The monoisotopic (exact) mass is 365 g/mol. The van der Waals surface area contributed by atoms with Crippen molar-refractivity contribution in [1.82, 2.24) is 0 Å². The summed E-state index contributed by atoms with van der Waals surface area (Å²) in [6, 6.07) is 10.5. The molecule has 0 radical (unpaired) electrons. The Labute approximate surface area is 151 Å². The maximum atomic E-state index is 13.0. The topological polar surface area (TPSA) is 38.3 Å². The van der Waals surface area contributed by atoms with Gasteiger partial charge < -0.3 is 10.1 Å². The SMILES string of the molecule is Cc1ccc(OCC(=O)Nc2ccccc2C(F)(F)F)c(C(C)(C)C)c1. The molecule has 0 aromatic heterocycles. The lowest BCUT2D eigenvalue weighted by atomic mass is 9.85. The van der Waals surface area contributed by atoms with Crippen molar-refractivity contribution in [2.75, 3.05) is 11.9 Å². The zero-order valence-electron chi connectivity index (χ0n) is 15.2. The summed E-state index contributed by atoms with van der Waals surface area (Å²) in [5.41, 5.74) is 0.625. The summed E-state index contributed by atoms with van der Waals surface area (Å²) in [5.74, 6) is -0.107. The van der Waals surface area contributed by atoms with Crippen molar-refractivity contribution >= 4 is 11.6 Å². The fourth-order valence-electron chi connectivity index (χ4n) is 2.52. The van der Waals surface area contributed by atoms with Crippen molar-refractivity contribution in [3.63, 3.8) is 0 Å². The van der Waals surface area contributed by atoms with Crippen LogP contribution in [0.25, 0.3) is 0 Å². The molecule has 6 heteroatoms. The molecule has 2 aromatic carbocycles. The standard InChI is InChI=1S/C20H22F3NO2/c1-13-9-10-17(15(11-13)19(2,3)4)26-12-18(25)24-16-8-6-5-7-14(16)20(21,22)23/h5-11H,12H2,1-4H3,(H,24,25). The number of alkyl halides is 3. The molecule has 0 aliphatic rings. The molecule has 0 fully saturated rings. The Balaban J connectivity index is 2.12. The number of anilines is 1. The molecule has 0 heterocycles. The Bertz CT molecular complexity index is 792. The van der Waals surface area contributed by atoms with Gasteiger partial charge in [-0.15, -0.1) is 0 Å². The Morgan fingerprint density at radius 3 is 2.31 bits per heavy atom. The van der Waals surface area contributed by atoms with Crippen LogP contribution in [0.5, 0.6) is 5.75 Å². The van der Waals surface area contributed by atoms with Gasteiger partial charge >= 0.3 is 6.18 Å². The molecule has 1 N–H and O–H groups in total. The van der Waals surface area contributed by atoms with Crippen molar-refractivity contribution < 1.29 is 22.7 Å². The number of carbonyl (C=O) groups excluding carboxylic acids is 1. The van der Waals surface area contributed by atoms with Gasteiger partial charge in [0.15, 0.2) is 6.61 Å². The van der Waals surface area contributed by atoms with Crippen molar-refractivity contribution in [3.8, 4) is 5.75 Å². The largest absolute Gasteiger partial charge is 0.483 e. The van der Waals surface area contributed by atoms with E-state index in [0.29, 0.717) is 5.75 Å². The third-order valence-electron chi connectivity index (χ3n) is 3.81. The van der Waals surface area contributed by atoms with Crippen LogP contribution in [0, 0.1) is 6.92 Å². The number of amides is 1. The second-order valence-electron chi connectivity index (χ2n) is 7.13. The number of hydrogen-bond donors (Lipinski definition) is 1. The average Bonchev–Trinajstić information content (AvgIpc) is 2.52. The smallest absolute Gasteiger partial charge is 0.418 e. The van der Waals surface area contributed by atoms with Gasteiger partial charge in [-0.2, -0.15) is 13.2 Å². The summed E-state index contributed by atoms with van der Waals surface area (Å²) in [7, 11) is 0. The van der Waals surface area contributed by atoms with E-state index in [9.17, 15) is 18.0 Å². The van der Waals surface area contributed by atoms with Crippen LogP contribution >= 0.6 is 0 Å². The van der Waals surface area contributed by atoms with Gasteiger partial charge in [0.1, 0.15) is 5.75 Å². The predicted molar refractivity (Wildman–Crippen MR) is 95.4 cm³/mol. The van der Waals surface area contributed by atoms with E-state index >= 15 is 0 Å². The number of rotatable bonds is 4. The number of carbonyl (C=O) groups is 1. The van der Waals surface area contributed by atoms with Crippen molar-refractivity contribution in [2.24, 2.45) is 0 Å². The Hall–Kier alpha value is -2.50. The molecule has 0 saturated carbocycles.